The Balaban J connectivity index is 2.08. The van der Waals surface area contributed by atoms with Crippen molar-refractivity contribution in [1.29, 1.82) is 0 Å². The van der Waals surface area contributed by atoms with E-state index in [1.54, 1.807) is 4.68 Å². The van der Waals surface area contributed by atoms with Crippen molar-refractivity contribution < 1.29 is 10.2 Å². The molecule has 2 aromatic heterocycles. The summed E-state index contributed by atoms with van der Waals surface area (Å²) < 4.78 is 1.64. The molecule has 0 aliphatic rings. The Morgan fingerprint density at radius 1 is 0.913 bits per heavy atom. The molecule has 4 aromatic rings. The van der Waals surface area contributed by atoms with Gasteiger partial charge in [0.1, 0.15) is 17.3 Å². The zero-order valence-corrected chi connectivity index (χ0v) is 12.2. The lowest BCUT2D eigenvalue weighted by Gasteiger charge is -2.02. The lowest BCUT2D eigenvalue weighted by molar-refractivity contribution is 0.0928. The van der Waals surface area contributed by atoms with E-state index in [0.717, 1.165) is 16.7 Å². The highest BCUT2D eigenvalue weighted by Crippen LogP contribution is 2.25. The van der Waals surface area contributed by atoms with Crippen molar-refractivity contribution in [3.63, 3.8) is 0 Å². The first kappa shape index (κ1) is 13.8. The normalized spacial score (nSPS) is 12.8. The lowest BCUT2D eigenvalue weighted by atomic mass is 10.2. The lowest BCUT2D eigenvalue weighted by Crippen LogP contribution is -2.05. The Morgan fingerprint density at radius 3 is 2.26 bits per heavy atom. The summed E-state index contributed by atoms with van der Waals surface area (Å²) in [5.74, 6) is 0. The monoisotopic (exact) mass is 306 g/mol. The fraction of sp³-hybridized carbons (Fsp3) is 0.118. The van der Waals surface area contributed by atoms with Crippen molar-refractivity contribution in [3.05, 3.63) is 60.3 Å². The minimum absolute atomic E-state index is 0.324. The molecule has 0 aliphatic carbocycles. The molecule has 1 atom stereocenters. The quantitative estimate of drug-likeness (QED) is 0.605. The van der Waals surface area contributed by atoms with Gasteiger partial charge >= 0.3 is 0 Å². The van der Waals surface area contributed by atoms with Gasteiger partial charge in [-0.2, -0.15) is 5.10 Å². The molecule has 114 valence electrons. The molecule has 23 heavy (non-hydrogen) atoms. The summed E-state index contributed by atoms with van der Waals surface area (Å²) in [6.45, 7) is -0.421. The number of aromatic nitrogens is 4. The van der Waals surface area contributed by atoms with Crippen LogP contribution in [0.25, 0.3) is 27.9 Å². The van der Waals surface area contributed by atoms with Crippen LogP contribution in [0.3, 0.4) is 0 Å². The van der Waals surface area contributed by atoms with Crippen molar-refractivity contribution in [2.45, 2.75) is 6.10 Å². The van der Waals surface area contributed by atoms with Gasteiger partial charge in [0.05, 0.1) is 23.3 Å². The van der Waals surface area contributed by atoms with Crippen molar-refractivity contribution in [3.8, 4) is 5.69 Å². The third kappa shape index (κ3) is 2.25. The predicted molar refractivity (Wildman–Crippen MR) is 86.2 cm³/mol. The number of para-hydroxylation sites is 3. The van der Waals surface area contributed by atoms with Crippen LogP contribution in [0.4, 0.5) is 0 Å². The van der Waals surface area contributed by atoms with E-state index in [1.807, 2.05) is 54.6 Å². The van der Waals surface area contributed by atoms with E-state index in [2.05, 4.69) is 15.1 Å². The molecule has 0 spiro atoms. The number of benzene rings is 2. The van der Waals surface area contributed by atoms with Crippen LogP contribution < -0.4 is 0 Å². The van der Waals surface area contributed by atoms with Gasteiger partial charge in [-0.15, -0.1) is 0 Å². The SMILES string of the molecule is OC[C@@H](O)c1nn(-c2ccccc2)c2nc3ccccc3nc12. The van der Waals surface area contributed by atoms with Crippen LogP contribution >= 0.6 is 0 Å². The van der Waals surface area contributed by atoms with E-state index in [4.69, 9.17) is 0 Å². The van der Waals surface area contributed by atoms with Crippen LogP contribution in [0.2, 0.25) is 0 Å². The maximum atomic E-state index is 10.1. The van der Waals surface area contributed by atoms with Crippen LogP contribution in [-0.4, -0.2) is 36.6 Å². The number of aliphatic hydroxyl groups excluding tert-OH is 2. The average molecular weight is 306 g/mol. The maximum Gasteiger partial charge on any atom is 0.182 e. The summed E-state index contributed by atoms with van der Waals surface area (Å²) in [4.78, 5) is 9.21. The molecule has 0 amide bonds. The van der Waals surface area contributed by atoms with Crippen LogP contribution in [0.1, 0.15) is 11.8 Å². The summed E-state index contributed by atoms with van der Waals surface area (Å²) >= 11 is 0. The Morgan fingerprint density at radius 2 is 1.57 bits per heavy atom. The largest absolute Gasteiger partial charge is 0.393 e. The molecule has 2 aromatic carbocycles. The minimum Gasteiger partial charge on any atom is -0.393 e. The highest BCUT2D eigenvalue weighted by molar-refractivity contribution is 5.86. The van der Waals surface area contributed by atoms with E-state index in [1.165, 1.54) is 0 Å². The van der Waals surface area contributed by atoms with E-state index in [0.29, 0.717) is 16.9 Å². The zero-order valence-electron chi connectivity index (χ0n) is 12.2. The highest BCUT2D eigenvalue weighted by Gasteiger charge is 2.21. The molecule has 2 N–H and O–H groups in total. The summed E-state index contributed by atoms with van der Waals surface area (Å²) in [7, 11) is 0. The maximum absolute atomic E-state index is 10.1. The molecule has 6 nitrogen and oxygen atoms in total. The molecule has 0 fully saturated rings. The fourth-order valence-corrected chi connectivity index (χ4v) is 2.57. The third-order valence-electron chi connectivity index (χ3n) is 3.69. The molecule has 0 unspecified atom stereocenters. The standard InChI is InChI=1S/C17H14N4O2/c22-10-14(23)15-16-17(19-13-9-5-4-8-12(13)18-16)21(20-15)11-6-2-1-3-7-11/h1-9,14,22-23H,10H2/t14-/m1/s1. The second kappa shape index (κ2) is 5.42. The van der Waals surface area contributed by atoms with Crippen LogP contribution in [0.15, 0.2) is 54.6 Å². The first-order valence-corrected chi connectivity index (χ1v) is 7.27. The molecule has 0 saturated carbocycles. The summed E-state index contributed by atoms with van der Waals surface area (Å²) in [5, 5.41) is 23.8. The van der Waals surface area contributed by atoms with Gasteiger partial charge in [-0.1, -0.05) is 30.3 Å². The first-order chi connectivity index (χ1) is 11.3. The Bertz CT molecular complexity index is 982. The second-order valence-corrected chi connectivity index (χ2v) is 5.22. The first-order valence-electron chi connectivity index (χ1n) is 7.27. The zero-order chi connectivity index (χ0) is 15.8. The van der Waals surface area contributed by atoms with Gasteiger partial charge in [-0.25, -0.2) is 14.6 Å². The van der Waals surface area contributed by atoms with Crippen molar-refractivity contribution in [2.75, 3.05) is 6.61 Å². The van der Waals surface area contributed by atoms with Crippen LogP contribution in [-0.2, 0) is 0 Å². The van der Waals surface area contributed by atoms with Gasteiger partial charge in [-0.3, -0.25) is 0 Å². The number of hydrogen-bond acceptors (Lipinski definition) is 5. The van der Waals surface area contributed by atoms with E-state index < -0.39 is 12.7 Å². The topological polar surface area (TPSA) is 84.1 Å². The van der Waals surface area contributed by atoms with E-state index in [-0.39, 0.29) is 0 Å². The van der Waals surface area contributed by atoms with Crippen LogP contribution in [0, 0.1) is 0 Å². The molecule has 0 saturated heterocycles. The number of fused-ring (bicyclic) bond motifs is 2. The van der Waals surface area contributed by atoms with Gasteiger partial charge < -0.3 is 10.2 Å². The molecule has 0 aliphatic heterocycles. The minimum atomic E-state index is -1.10. The number of nitrogens with zero attached hydrogens (tertiary/aromatic N) is 4. The predicted octanol–water partition coefficient (Wildman–Crippen LogP) is 1.99. The number of hydrogen-bond donors (Lipinski definition) is 2. The number of rotatable bonds is 3. The fourth-order valence-electron chi connectivity index (χ4n) is 2.57. The van der Waals surface area contributed by atoms with Gasteiger partial charge in [0.2, 0.25) is 0 Å². The average Bonchev–Trinajstić information content (AvgIpc) is 2.98. The smallest absolute Gasteiger partial charge is 0.182 e. The molecular formula is C17H14N4O2. The molecule has 2 heterocycles. The summed E-state index contributed by atoms with van der Waals surface area (Å²) in [6, 6.07) is 17.0. The highest BCUT2D eigenvalue weighted by atomic mass is 16.3. The number of aliphatic hydroxyl groups is 2. The molecule has 6 heteroatoms. The Labute approximate surface area is 131 Å². The summed E-state index contributed by atoms with van der Waals surface area (Å²) in [6.07, 6.45) is -1.10. The third-order valence-corrected chi connectivity index (χ3v) is 3.69. The van der Waals surface area contributed by atoms with Crippen LogP contribution in [0.5, 0.6) is 0 Å². The molecular weight excluding hydrogens is 292 g/mol. The molecule has 4 rings (SSSR count). The van der Waals surface area contributed by atoms with Crippen molar-refractivity contribution >= 4 is 22.2 Å². The molecule has 0 bridgehead atoms. The van der Waals surface area contributed by atoms with Gasteiger partial charge in [-0.05, 0) is 24.3 Å². The Kier molecular flexibility index (Phi) is 3.25. The summed E-state index contributed by atoms with van der Waals surface area (Å²) in [5.41, 5.74) is 3.66. The Hall–Kier alpha value is -2.83. The van der Waals surface area contributed by atoms with Gasteiger partial charge in [0.25, 0.3) is 0 Å². The van der Waals surface area contributed by atoms with Gasteiger partial charge in [0, 0.05) is 0 Å². The van der Waals surface area contributed by atoms with E-state index >= 15 is 0 Å². The van der Waals surface area contributed by atoms with E-state index in [9.17, 15) is 10.2 Å². The van der Waals surface area contributed by atoms with Gasteiger partial charge in [0.15, 0.2) is 5.65 Å². The second-order valence-electron chi connectivity index (χ2n) is 5.22. The van der Waals surface area contributed by atoms with Crippen molar-refractivity contribution in [1.82, 2.24) is 19.7 Å². The molecule has 0 radical (unpaired) electrons. The van der Waals surface area contributed by atoms with Crippen molar-refractivity contribution in [2.24, 2.45) is 0 Å².